The molecule has 220 valence electrons. The number of aliphatic carboxylic acids is 1. The van der Waals surface area contributed by atoms with Crippen LogP contribution in [0.1, 0.15) is 42.6 Å². The lowest BCUT2D eigenvalue weighted by Gasteiger charge is -2.31. The number of nitrogens with zero attached hydrogens (tertiary/aromatic N) is 1. The third kappa shape index (κ3) is 8.34. The van der Waals surface area contributed by atoms with E-state index in [0.29, 0.717) is 24.3 Å². The van der Waals surface area contributed by atoms with E-state index in [1.165, 1.54) is 37.5 Å². The highest BCUT2D eigenvalue weighted by molar-refractivity contribution is 7.90. The van der Waals surface area contributed by atoms with Gasteiger partial charge in [0, 0.05) is 25.2 Å². The minimum absolute atomic E-state index is 0.0208. The van der Waals surface area contributed by atoms with E-state index in [1.54, 1.807) is 29.2 Å². The van der Waals surface area contributed by atoms with Crippen LogP contribution in [0.5, 0.6) is 5.75 Å². The van der Waals surface area contributed by atoms with E-state index < -0.39 is 27.8 Å². The summed E-state index contributed by atoms with van der Waals surface area (Å²) in [6.07, 6.45) is 4.67. The second kappa shape index (κ2) is 14.2. The van der Waals surface area contributed by atoms with Crippen LogP contribution in [-0.2, 0) is 26.0 Å². The molecule has 0 spiro atoms. The van der Waals surface area contributed by atoms with Crippen molar-refractivity contribution in [1.29, 1.82) is 0 Å². The molecule has 3 N–H and O–H groups in total. The number of halogens is 1. The summed E-state index contributed by atoms with van der Waals surface area (Å²) >= 11 is 6.12. The lowest BCUT2D eigenvalue weighted by molar-refractivity contribution is -0.134. The Hall–Kier alpha value is -3.83. The number of amides is 2. The molecular formula is C29H34ClN3O7S. The highest BCUT2D eigenvalue weighted by Gasteiger charge is 2.28. The zero-order chi connectivity index (χ0) is 30.2. The van der Waals surface area contributed by atoms with Crippen molar-refractivity contribution in [2.24, 2.45) is 5.92 Å². The maximum absolute atomic E-state index is 13.0. The molecule has 1 aliphatic heterocycles. The molecule has 0 saturated carbocycles. The molecule has 0 bridgehead atoms. The number of rotatable bonds is 13. The Bertz CT molecular complexity index is 1470. The van der Waals surface area contributed by atoms with Crippen molar-refractivity contribution in [3.8, 4) is 5.75 Å². The molecule has 1 heterocycles. The van der Waals surface area contributed by atoms with E-state index >= 15 is 0 Å². The minimum atomic E-state index is -4.22. The predicted molar refractivity (Wildman–Crippen MR) is 155 cm³/mol. The topological polar surface area (TPSA) is 142 Å². The minimum Gasteiger partial charge on any atom is -0.497 e. The fourth-order valence-corrected chi connectivity index (χ4v) is 5.60. The normalized spacial score (nSPS) is 13.3. The first-order valence-electron chi connectivity index (χ1n) is 13.2. The molecule has 2 aromatic rings. The molecule has 3 rings (SSSR count). The van der Waals surface area contributed by atoms with Crippen molar-refractivity contribution in [3.05, 3.63) is 82.0 Å². The standard InChI is InChI=1S/C29H34ClN3O7S/c1-4-19(5-2)17-33-18-21(9-12-26(33)29(36)37)27(34)32-41(38,39)23-8-6-7-20(15-23)13-14-31-28(35)24-16-22(40-3)10-11-25(24)30/h6-12,15-16,19H,4-5,13-14,17-18H2,1-3H3,(H,31,35)(H,32,34)(H,36,37). The molecule has 0 aliphatic carbocycles. The molecule has 0 saturated heterocycles. The van der Waals surface area contributed by atoms with Gasteiger partial charge in [-0.1, -0.05) is 50.4 Å². The Morgan fingerprint density at radius 3 is 2.46 bits per heavy atom. The average molecular weight is 604 g/mol. The van der Waals surface area contributed by atoms with E-state index in [-0.39, 0.29) is 45.8 Å². The van der Waals surface area contributed by atoms with Gasteiger partial charge in [-0.3, -0.25) is 9.59 Å². The zero-order valence-corrected chi connectivity index (χ0v) is 24.7. The van der Waals surface area contributed by atoms with Crippen LogP contribution in [0.25, 0.3) is 0 Å². The average Bonchev–Trinajstić information content (AvgIpc) is 2.95. The van der Waals surface area contributed by atoms with E-state index in [9.17, 15) is 27.9 Å². The number of sulfonamides is 1. The van der Waals surface area contributed by atoms with Gasteiger partial charge >= 0.3 is 5.97 Å². The number of carbonyl (C=O) groups excluding carboxylic acids is 2. The number of allylic oxidation sites excluding steroid dienone is 2. The van der Waals surface area contributed by atoms with E-state index in [2.05, 4.69) is 10.0 Å². The van der Waals surface area contributed by atoms with Crippen molar-refractivity contribution in [2.45, 2.75) is 38.0 Å². The molecule has 0 aromatic heterocycles. The summed E-state index contributed by atoms with van der Waals surface area (Å²) in [5, 5.41) is 12.6. The summed E-state index contributed by atoms with van der Waals surface area (Å²) in [6, 6.07) is 10.8. The first-order chi connectivity index (χ1) is 19.5. The molecule has 1 aliphatic rings. The Kier molecular flexibility index (Phi) is 11.0. The van der Waals surface area contributed by atoms with E-state index in [0.717, 1.165) is 12.8 Å². The van der Waals surface area contributed by atoms with Crippen molar-refractivity contribution in [3.63, 3.8) is 0 Å². The molecule has 0 fully saturated rings. The molecule has 41 heavy (non-hydrogen) atoms. The Balaban J connectivity index is 1.66. The first kappa shape index (κ1) is 31.7. The van der Waals surface area contributed by atoms with Gasteiger partial charge in [-0.2, -0.15) is 0 Å². The van der Waals surface area contributed by atoms with Crippen LogP contribution in [-0.4, -0.2) is 63.0 Å². The van der Waals surface area contributed by atoms with Gasteiger partial charge in [0.2, 0.25) is 0 Å². The van der Waals surface area contributed by atoms with Crippen LogP contribution in [0.15, 0.2) is 70.8 Å². The van der Waals surface area contributed by atoms with Crippen LogP contribution >= 0.6 is 11.6 Å². The predicted octanol–water partition coefficient (Wildman–Crippen LogP) is 3.77. The van der Waals surface area contributed by atoms with Crippen LogP contribution in [0.3, 0.4) is 0 Å². The Morgan fingerprint density at radius 2 is 1.80 bits per heavy atom. The number of nitrogens with one attached hydrogen (secondary N) is 2. The van der Waals surface area contributed by atoms with Crippen molar-refractivity contribution < 1.29 is 32.6 Å². The summed E-state index contributed by atoms with van der Waals surface area (Å²) in [5.74, 6) is -1.62. The van der Waals surface area contributed by atoms with Gasteiger partial charge in [0.15, 0.2) is 0 Å². The summed E-state index contributed by atoms with van der Waals surface area (Å²) in [7, 11) is -2.74. The number of hydrogen-bond donors (Lipinski definition) is 3. The van der Waals surface area contributed by atoms with E-state index in [1.807, 2.05) is 13.8 Å². The van der Waals surface area contributed by atoms with Gasteiger partial charge in [-0.05, 0) is 60.4 Å². The van der Waals surface area contributed by atoms with Crippen LogP contribution in [0.4, 0.5) is 0 Å². The number of hydrogen-bond acceptors (Lipinski definition) is 7. The number of ether oxygens (including phenoxy) is 1. The smallest absolute Gasteiger partial charge is 0.352 e. The zero-order valence-electron chi connectivity index (χ0n) is 23.1. The van der Waals surface area contributed by atoms with Crippen LogP contribution in [0.2, 0.25) is 5.02 Å². The Morgan fingerprint density at radius 1 is 1.07 bits per heavy atom. The fourth-order valence-electron chi connectivity index (χ4n) is 4.34. The molecule has 2 aromatic carbocycles. The van der Waals surface area contributed by atoms with E-state index in [4.69, 9.17) is 16.3 Å². The van der Waals surface area contributed by atoms with Crippen molar-refractivity contribution in [1.82, 2.24) is 14.9 Å². The highest BCUT2D eigenvalue weighted by Crippen LogP contribution is 2.23. The number of carboxylic acid groups (broad SMARTS) is 1. The van der Waals surface area contributed by atoms with Crippen molar-refractivity contribution >= 4 is 39.4 Å². The molecule has 0 radical (unpaired) electrons. The molecule has 10 nitrogen and oxygen atoms in total. The molecule has 2 amide bonds. The monoisotopic (exact) mass is 603 g/mol. The fraction of sp³-hybridized carbons (Fsp3) is 0.345. The number of methoxy groups -OCH3 is 1. The quantitative estimate of drug-likeness (QED) is 0.314. The first-order valence-corrected chi connectivity index (χ1v) is 15.0. The number of carboxylic acids is 1. The van der Waals surface area contributed by atoms with Gasteiger partial charge in [0.1, 0.15) is 11.4 Å². The van der Waals surface area contributed by atoms with Crippen LogP contribution in [0, 0.1) is 5.92 Å². The maximum atomic E-state index is 13.0. The van der Waals surface area contributed by atoms with Gasteiger partial charge in [-0.25, -0.2) is 17.9 Å². The van der Waals surface area contributed by atoms with Gasteiger partial charge in [-0.15, -0.1) is 0 Å². The summed E-state index contributed by atoms with van der Waals surface area (Å²) in [4.78, 5) is 38.7. The van der Waals surface area contributed by atoms with Gasteiger partial charge in [0.25, 0.3) is 21.8 Å². The second-order valence-electron chi connectivity index (χ2n) is 9.55. The van der Waals surface area contributed by atoms with Gasteiger partial charge < -0.3 is 20.1 Å². The second-order valence-corrected chi connectivity index (χ2v) is 11.6. The Labute approximate surface area is 245 Å². The summed E-state index contributed by atoms with van der Waals surface area (Å²) in [5.41, 5.74) is 1.08. The maximum Gasteiger partial charge on any atom is 0.352 e. The summed E-state index contributed by atoms with van der Waals surface area (Å²) < 4.78 is 33.3. The SMILES string of the molecule is CCC(CC)CN1CC(C(=O)NS(=O)(=O)c2cccc(CCNC(=O)c3cc(OC)ccc3Cl)c2)=CC=C1C(=O)O. The largest absolute Gasteiger partial charge is 0.497 e. The lowest BCUT2D eigenvalue weighted by Crippen LogP contribution is -2.40. The molecule has 12 heteroatoms. The highest BCUT2D eigenvalue weighted by atomic mass is 35.5. The molecular weight excluding hydrogens is 570 g/mol. The van der Waals surface area contributed by atoms with Gasteiger partial charge in [0.05, 0.1) is 22.6 Å². The number of carbonyl (C=O) groups is 3. The lowest BCUT2D eigenvalue weighted by atomic mass is 10.0. The molecule has 0 atom stereocenters. The van der Waals surface area contributed by atoms with Crippen LogP contribution < -0.4 is 14.8 Å². The summed E-state index contributed by atoms with van der Waals surface area (Å²) in [6.45, 7) is 4.64. The van der Waals surface area contributed by atoms with Crippen molar-refractivity contribution in [2.75, 3.05) is 26.7 Å². The third-order valence-corrected chi connectivity index (χ3v) is 8.50. The number of benzene rings is 2. The molecule has 0 unspecified atom stereocenters. The third-order valence-electron chi connectivity index (χ3n) is 6.84.